The van der Waals surface area contributed by atoms with Crippen molar-refractivity contribution in [2.75, 3.05) is 38.1 Å². The Bertz CT molecular complexity index is 1160. The van der Waals surface area contributed by atoms with Gasteiger partial charge in [0.05, 0.1) is 21.2 Å². The van der Waals surface area contributed by atoms with Crippen LogP contribution in [-0.4, -0.2) is 66.5 Å². The Morgan fingerprint density at radius 2 is 1.94 bits per heavy atom. The quantitative estimate of drug-likeness (QED) is 0.545. The molecule has 6 nitrogen and oxygen atoms in total. The lowest BCUT2D eigenvalue weighted by Gasteiger charge is -2.31. The van der Waals surface area contributed by atoms with Gasteiger partial charge in [0.15, 0.2) is 0 Å². The second kappa shape index (κ2) is 7.80. The number of amidine groups is 1. The number of carbonyl (C=O) groups excluding carboxylic acids is 1. The van der Waals surface area contributed by atoms with E-state index in [2.05, 4.69) is 22.8 Å². The lowest BCUT2D eigenvalue weighted by molar-refractivity contribution is -0.114. The molecule has 7 heteroatoms. The highest BCUT2D eigenvalue weighted by atomic mass is 32.1. The molecule has 0 saturated carbocycles. The van der Waals surface area contributed by atoms with Crippen molar-refractivity contribution in [2.24, 2.45) is 9.98 Å². The number of nitrogens with zero attached hydrogens (tertiary/aromatic N) is 5. The molecule has 156 valence electrons. The van der Waals surface area contributed by atoms with Crippen molar-refractivity contribution in [2.45, 2.75) is 13.0 Å². The van der Waals surface area contributed by atoms with E-state index in [-0.39, 0.29) is 11.9 Å². The van der Waals surface area contributed by atoms with Crippen LogP contribution < -0.4 is 4.90 Å². The van der Waals surface area contributed by atoms with Crippen LogP contribution in [0.4, 0.5) is 5.69 Å². The smallest absolute Gasteiger partial charge is 0.284 e. The molecule has 1 unspecified atom stereocenters. The van der Waals surface area contributed by atoms with Crippen molar-refractivity contribution >= 4 is 34.5 Å². The van der Waals surface area contributed by atoms with Crippen molar-refractivity contribution in [1.29, 1.82) is 0 Å². The van der Waals surface area contributed by atoms with Crippen LogP contribution in [0.2, 0.25) is 0 Å². The highest BCUT2D eigenvalue weighted by Crippen LogP contribution is 2.38. The van der Waals surface area contributed by atoms with Gasteiger partial charge >= 0.3 is 0 Å². The number of anilines is 1. The third-order valence-electron chi connectivity index (χ3n) is 5.78. The summed E-state index contributed by atoms with van der Waals surface area (Å²) in [5, 5.41) is 0. The topological polar surface area (TPSA) is 51.5 Å². The molecular weight excluding hydrogens is 406 g/mol. The van der Waals surface area contributed by atoms with Gasteiger partial charge in [-0.15, -0.1) is 17.8 Å². The summed E-state index contributed by atoms with van der Waals surface area (Å²) in [6.07, 6.45) is 7.61. The zero-order chi connectivity index (χ0) is 21.5. The van der Waals surface area contributed by atoms with Crippen LogP contribution in [0.1, 0.15) is 22.2 Å². The molecule has 1 aromatic heterocycles. The molecular formula is C24H23N5OS. The van der Waals surface area contributed by atoms with Crippen LogP contribution in [0, 0.1) is 12.3 Å². The zero-order valence-corrected chi connectivity index (χ0v) is 18.4. The number of thiophene rings is 1. The summed E-state index contributed by atoms with van der Waals surface area (Å²) in [6, 6.07) is 11.7. The van der Waals surface area contributed by atoms with Crippen LogP contribution in [0.25, 0.3) is 0 Å². The van der Waals surface area contributed by atoms with Crippen molar-refractivity contribution in [3.8, 4) is 12.3 Å². The number of rotatable bonds is 2. The van der Waals surface area contributed by atoms with Gasteiger partial charge in [-0.1, -0.05) is 36.3 Å². The maximum atomic E-state index is 13.5. The maximum absolute atomic E-state index is 13.5. The Hall–Kier alpha value is -3.21. The average molecular weight is 430 g/mol. The third-order valence-corrected chi connectivity index (χ3v) is 6.85. The van der Waals surface area contributed by atoms with E-state index >= 15 is 0 Å². The molecule has 4 heterocycles. The summed E-state index contributed by atoms with van der Waals surface area (Å²) in [6.45, 7) is 5.70. The highest BCUT2D eigenvalue weighted by molar-refractivity contribution is 7.15. The van der Waals surface area contributed by atoms with Gasteiger partial charge in [-0.05, 0) is 20.0 Å². The second-order valence-electron chi connectivity index (χ2n) is 7.95. The van der Waals surface area contributed by atoms with Crippen LogP contribution in [0.3, 0.4) is 0 Å². The molecule has 0 spiro atoms. The Kier molecular flexibility index (Phi) is 4.97. The van der Waals surface area contributed by atoms with E-state index < -0.39 is 0 Å². The van der Waals surface area contributed by atoms with E-state index in [0.29, 0.717) is 11.5 Å². The number of benzene rings is 1. The molecule has 1 amide bonds. The van der Waals surface area contributed by atoms with Crippen molar-refractivity contribution in [1.82, 2.24) is 9.80 Å². The zero-order valence-electron chi connectivity index (χ0n) is 17.6. The van der Waals surface area contributed by atoms with Gasteiger partial charge in [-0.25, -0.2) is 4.99 Å². The maximum Gasteiger partial charge on any atom is 0.284 e. The van der Waals surface area contributed by atoms with Crippen molar-refractivity contribution < 1.29 is 4.79 Å². The van der Waals surface area contributed by atoms with E-state index in [1.165, 1.54) is 11.3 Å². The summed E-state index contributed by atoms with van der Waals surface area (Å²) in [5.74, 6) is 3.26. The van der Waals surface area contributed by atoms with Gasteiger partial charge in [0.1, 0.15) is 17.6 Å². The lowest BCUT2D eigenvalue weighted by atomic mass is 10.1. The minimum absolute atomic E-state index is 0.118. The third kappa shape index (κ3) is 3.48. The van der Waals surface area contributed by atoms with Crippen LogP contribution in [-0.2, 0) is 4.79 Å². The number of likely N-dealkylation sites (N-methyl/N-ethyl adjacent to an activating group) is 1. The molecule has 0 radical (unpaired) electrons. The Morgan fingerprint density at radius 3 is 2.65 bits per heavy atom. The fourth-order valence-electron chi connectivity index (χ4n) is 4.06. The number of hydrogen-bond donors (Lipinski definition) is 0. The molecule has 0 N–H and O–H groups in total. The Balaban J connectivity index is 1.60. The number of amides is 1. The molecule has 1 atom stereocenters. The standard InChI is InChI=1S/C24H23N5OS/c1-4-18-14-20-22(31-18)21(17-8-6-5-7-9-17)25-16(2)23-26-19(24(30)29(20)23)15-28-12-10-27(3)11-13-28/h1,5-9,14-16H,10-13H2,2-3H3/b19-15-. The van der Waals surface area contributed by atoms with E-state index in [9.17, 15) is 4.79 Å². The van der Waals surface area contributed by atoms with Gasteiger partial charge in [0.2, 0.25) is 0 Å². The van der Waals surface area contributed by atoms with Crippen LogP contribution in [0.15, 0.2) is 58.3 Å². The number of fused-ring (bicyclic) bond motifs is 3. The number of terminal acetylenes is 1. The Morgan fingerprint density at radius 1 is 1.19 bits per heavy atom. The predicted molar refractivity (Wildman–Crippen MR) is 126 cm³/mol. The van der Waals surface area contributed by atoms with Gasteiger partial charge in [0.25, 0.3) is 5.91 Å². The molecule has 0 aliphatic carbocycles. The van der Waals surface area contributed by atoms with Gasteiger partial charge in [0, 0.05) is 37.9 Å². The predicted octanol–water partition coefficient (Wildman–Crippen LogP) is 2.80. The Labute approximate surface area is 186 Å². The molecule has 3 aliphatic heterocycles. The summed E-state index contributed by atoms with van der Waals surface area (Å²) < 4.78 is 0. The summed E-state index contributed by atoms with van der Waals surface area (Å²) >= 11 is 1.49. The molecule has 2 aromatic rings. The molecule has 5 rings (SSSR count). The first-order chi connectivity index (χ1) is 15.0. The normalized spacial score (nSPS) is 22.5. The molecule has 31 heavy (non-hydrogen) atoms. The molecule has 1 fully saturated rings. The van der Waals surface area contributed by atoms with E-state index in [0.717, 1.165) is 52.9 Å². The fourth-order valence-corrected chi connectivity index (χ4v) is 5.03. The first kappa shape index (κ1) is 19.7. The first-order valence-electron chi connectivity index (χ1n) is 10.4. The van der Waals surface area contributed by atoms with Crippen LogP contribution in [0.5, 0.6) is 0 Å². The van der Waals surface area contributed by atoms with E-state index in [4.69, 9.17) is 16.4 Å². The SMILES string of the molecule is C#Cc1cc2c(s1)C(c1ccccc1)=NC(C)C1=N/C(=C\N3CCN(C)CC3)C(=O)N12. The van der Waals surface area contributed by atoms with Crippen molar-refractivity contribution in [3.63, 3.8) is 0 Å². The number of piperazine rings is 1. The average Bonchev–Trinajstić information content (AvgIpc) is 3.32. The van der Waals surface area contributed by atoms with Gasteiger partial charge in [-0.3, -0.25) is 14.7 Å². The highest BCUT2D eigenvalue weighted by Gasteiger charge is 2.40. The van der Waals surface area contributed by atoms with Crippen molar-refractivity contribution in [3.05, 3.63) is 63.6 Å². The number of hydrogen-bond acceptors (Lipinski definition) is 6. The summed E-state index contributed by atoms with van der Waals surface area (Å²) in [4.78, 5) is 31.1. The lowest BCUT2D eigenvalue weighted by Crippen LogP contribution is -2.42. The van der Waals surface area contributed by atoms with Crippen LogP contribution >= 0.6 is 11.3 Å². The van der Waals surface area contributed by atoms with Gasteiger partial charge in [-0.2, -0.15) is 0 Å². The summed E-state index contributed by atoms with van der Waals surface area (Å²) in [5.41, 5.74) is 3.09. The summed E-state index contributed by atoms with van der Waals surface area (Å²) in [7, 11) is 2.11. The molecule has 1 aromatic carbocycles. The monoisotopic (exact) mass is 429 g/mol. The largest absolute Gasteiger partial charge is 0.373 e. The second-order valence-corrected chi connectivity index (χ2v) is 9.01. The minimum Gasteiger partial charge on any atom is -0.373 e. The minimum atomic E-state index is -0.258. The molecule has 3 aliphatic rings. The molecule has 1 saturated heterocycles. The van der Waals surface area contributed by atoms with Gasteiger partial charge < -0.3 is 9.80 Å². The molecule has 0 bridgehead atoms. The van der Waals surface area contributed by atoms with E-state index in [1.54, 1.807) is 4.90 Å². The van der Waals surface area contributed by atoms with E-state index in [1.807, 2.05) is 49.5 Å². The fraction of sp³-hybridized carbons (Fsp3) is 0.292. The number of aliphatic imine (C=N–C) groups is 2. The first-order valence-corrected chi connectivity index (χ1v) is 11.2. The number of carbonyl (C=O) groups is 1.